The highest BCUT2D eigenvalue weighted by Crippen LogP contribution is 2.38. The first kappa shape index (κ1) is 20.1. The van der Waals surface area contributed by atoms with Gasteiger partial charge in [-0.15, -0.1) is 0 Å². The molecule has 1 aliphatic rings. The van der Waals surface area contributed by atoms with Crippen LogP contribution < -0.4 is 9.84 Å². The van der Waals surface area contributed by atoms with Crippen LogP contribution in [0.15, 0.2) is 24.3 Å². The van der Waals surface area contributed by atoms with Crippen LogP contribution in [0, 0.1) is 5.92 Å². The maximum absolute atomic E-state index is 12.9. The van der Waals surface area contributed by atoms with Crippen LogP contribution in [0.4, 0.5) is 8.78 Å². The van der Waals surface area contributed by atoms with Crippen LogP contribution in [0.2, 0.25) is 0 Å². The zero-order valence-electron chi connectivity index (χ0n) is 14.9. The van der Waals surface area contributed by atoms with E-state index in [1.807, 2.05) is 0 Å². The lowest BCUT2D eigenvalue weighted by Crippen LogP contribution is -2.45. The number of aliphatic carboxylic acids is 1. The lowest BCUT2D eigenvalue weighted by Gasteiger charge is -2.41. The van der Waals surface area contributed by atoms with E-state index in [1.54, 1.807) is 12.1 Å². The summed E-state index contributed by atoms with van der Waals surface area (Å²) in [5, 5.41) is 10.2. The van der Waals surface area contributed by atoms with Crippen molar-refractivity contribution in [3.8, 4) is 5.75 Å². The van der Waals surface area contributed by atoms with E-state index in [0.717, 1.165) is 25.7 Å². The van der Waals surface area contributed by atoms with Crippen LogP contribution in [0.5, 0.6) is 5.75 Å². The van der Waals surface area contributed by atoms with Crippen molar-refractivity contribution in [3.05, 3.63) is 29.8 Å². The smallest absolute Gasteiger partial charge is 0.338 e. The molecule has 0 aromatic heterocycles. The summed E-state index contributed by atoms with van der Waals surface area (Å²) in [4.78, 5) is 22.0. The number of esters is 1. The summed E-state index contributed by atoms with van der Waals surface area (Å²) in [7, 11) is 0. The van der Waals surface area contributed by atoms with Gasteiger partial charge in [0.1, 0.15) is 17.3 Å². The quantitative estimate of drug-likeness (QED) is 0.691. The summed E-state index contributed by atoms with van der Waals surface area (Å²) in [6, 6.07) is 6.00. The predicted octanol–water partition coefficient (Wildman–Crippen LogP) is 2.97. The molecule has 5 nitrogen and oxygen atoms in total. The van der Waals surface area contributed by atoms with E-state index in [9.17, 15) is 23.5 Å². The fourth-order valence-electron chi connectivity index (χ4n) is 3.14. The molecule has 144 valence electrons. The minimum atomic E-state index is -4.22. The van der Waals surface area contributed by atoms with E-state index in [0.29, 0.717) is 11.7 Å². The van der Waals surface area contributed by atoms with Gasteiger partial charge in [-0.1, -0.05) is 20.3 Å². The fraction of sp³-hybridized carbons (Fsp3) is 0.579. The van der Waals surface area contributed by atoms with Crippen molar-refractivity contribution in [2.45, 2.75) is 57.5 Å². The van der Waals surface area contributed by atoms with Crippen molar-refractivity contribution in [1.82, 2.24) is 0 Å². The first-order valence-corrected chi connectivity index (χ1v) is 8.72. The van der Waals surface area contributed by atoms with Gasteiger partial charge in [-0.2, -0.15) is 8.78 Å². The summed E-state index contributed by atoms with van der Waals surface area (Å²) in [6.45, 7) is 2.67. The zero-order valence-corrected chi connectivity index (χ0v) is 14.9. The molecule has 0 N–H and O–H groups in total. The third-order valence-electron chi connectivity index (χ3n) is 4.85. The molecule has 1 fully saturated rings. The highest BCUT2D eigenvalue weighted by Gasteiger charge is 2.37. The molecule has 1 saturated carbocycles. The van der Waals surface area contributed by atoms with Gasteiger partial charge in [0.2, 0.25) is 0 Å². The second-order valence-electron chi connectivity index (χ2n) is 6.97. The van der Waals surface area contributed by atoms with Gasteiger partial charge in [-0.05, 0) is 55.9 Å². The summed E-state index contributed by atoms with van der Waals surface area (Å²) in [5.74, 6) is -6.91. The van der Waals surface area contributed by atoms with Crippen molar-refractivity contribution in [2.24, 2.45) is 5.92 Å². The third kappa shape index (κ3) is 4.71. The highest BCUT2D eigenvalue weighted by molar-refractivity contribution is 5.89. The van der Waals surface area contributed by atoms with Crippen molar-refractivity contribution in [2.75, 3.05) is 6.61 Å². The number of hydrogen-bond donors (Lipinski definition) is 0. The van der Waals surface area contributed by atoms with Gasteiger partial charge in [-0.3, -0.25) is 0 Å². The lowest BCUT2D eigenvalue weighted by molar-refractivity contribution is -0.331. The molecule has 1 aromatic rings. The van der Waals surface area contributed by atoms with Crippen molar-refractivity contribution >= 4 is 11.9 Å². The molecule has 7 heteroatoms. The zero-order chi connectivity index (χ0) is 19.4. The Labute approximate surface area is 151 Å². The van der Waals surface area contributed by atoms with E-state index in [-0.39, 0.29) is 11.2 Å². The van der Waals surface area contributed by atoms with Gasteiger partial charge in [0, 0.05) is 0 Å². The molecular formula is C19H23F2O5-. The minimum absolute atomic E-state index is 0.0359. The molecule has 0 aliphatic heterocycles. The SMILES string of the molecule is CC(C)C1(Oc2ccc(C(=O)OCC(F)(F)C(=O)[O-])cc2)CCCCC1. The van der Waals surface area contributed by atoms with Gasteiger partial charge >= 0.3 is 11.9 Å². The van der Waals surface area contributed by atoms with E-state index in [1.165, 1.54) is 18.6 Å². The maximum Gasteiger partial charge on any atom is 0.338 e. The Morgan fingerprint density at radius 2 is 1.73 bits per heavy atom. The molecule has 0 bridgehead atoms. The summed E-state index contributed by atoms with van der Waals surface area (Å²) in [6.07, 6.45) is 5.34. The van der Waals surface area contributed by atoms with Crippen molar-refractivity contribution < 1.29 is 33.0 Å². The Kier molecular flexibility index (Phi) is 6.21. The number of benzene rings is 1. The van der Waals surface area contributed by atoms with E-state index < -0.39 is 24.5 Å². The molecule has 1 aromatic carbocycles. The topological polar surface area (TPSA) is 75.7 Å². The van der Waals surface area contributed by atoms with E-state index >= 15 is 0 Å². The molecule has 2 rings (SSSR count). The molecule has 0 amide bonds. The minimum Gasteiger partial charge on any atom is -0.544 e. The van der Waals surface area contributed by atoms with E-state index in [2.05, 4.69) is 18.6 Å². The molecule has 0 atom stereocenters. The molecule has 0 radical (unpaired) electrons. The molecule has 0 saturated heterocycles. The van der Waals surface area contributed by atoms with Crippen molar-refractivity contribution in [1.29, 1.82) is 0 Å². The van der Waals surface area contributed by atoms with Crippen LogP contribution >= 0.6 is 0 Å². The average molecular weight is 369 g/mol. The summed E-state index contributed by atoms with van der Waals surface area (Å²) >= 11 is 0. The van der Waals surface area contributed by atoms with Crippen LogP contribution in [-0.2, 0) is 9.53 Å². The monoisotopic (exact) mass is 369 g/mol. The van der Waals surface area contributed by atoms with Gasteiger partial charge in [0.25, 0.3) is 0 Å². The number of alkyl halides is 2. The molecule has 1 aliphatic carbocycles. The third-order valence-corrected chi connectivity index (χ3v) is 4.85. The number of carboxylic acids is 1. The standard InChI is InChI=1S/C19H24F2O5/c1-13(2)18(10-4-3-5-11-18)26-15-8-6-14(7-9-15)16(22)25-12-19(20,21)17(23)24/h6-9,13H,3-5,10-12H2,1-2H3,(H,23,24)/p-1. The molecular weight excluding hydrogens is 346 g/mol. The number of carboxylic acid groups (broad SMARTS) is 1. The molecule has 0 heterocycles. The lowest BCUT2D eigenvalue weighted by atomic mass is 9.77. The largest absolute Gasteiger partial charge is 0.544 e. The Morgan fingerprint density at radius 3 is 2.23 bits per heavy atom. The number of carbonyl (C=O) groups is 2. The number of halogens is 2. The number of rotatable bonds is 7. The van der Waals surface area contributed by atoms with Crippen molar-refractivity contribution in [3.63, 3.8) is 0 Å². The fourth-order valence-corrected chi connectivity index (χ4v) is 3.14. The van der Waals surface area contributed by atoms with Crippen LogP contribution in [0.3, 0.4) is 0 Å². The van der Waals surface area contributed by atoms with Crippen LogP contribution in [0.1, 0.15) is 56.3 Å². The first-order valence-electron chi connectivity index (χ1n) is 8.72. The first-order chi connectivity index (χ1) is 12.2. The summed E-state index contributed by atoms with van der Waals surface area (Å²) in [5.41, 5.74) is -0.203. The Bertz CT molecular complexity index is 634. The average Bonchev–Trinajstić information content (AvgIpc) is 2.61. The van der Waals surface area contributed by atoms with Gasteiger partial charge < -0.3 is 19.4 Å². The Balaban J connectivity index is 2.01. The number of ether oxygens (including phenoxy) is 2. The number of carbonyl (C=O) groups excluding carboxylic acids is 2. The van der Waals surface area contributed by atoms with E-state index in [4.69, 9.17) is 4.74 Å². The molecule has 0 unspecified atom stereocenters. The maximum atomic E-state index is 12.9. The second-order valence-corrected chi connectivity index (χ2v) is 6.97. The van der Waals surface area contributed by atoms with Gasteiger partial charge in [-0.25, -0.2) is 4.79 Å². The van der Waals surface area contributed by atoms with Gasteiger partial charge in [0.05, 0.1) is 5.56 Å². The molecule has 0 spiro atoms. The summed E-state index contributed by atoms with van der Waals surface area (Å²) < 4.78 is 36.4. The molecule has 26 heavy (non-hydrogen) atoms. The number of hydrogen-bond acceptors (Lipinski definition) is 5. The second kappa shape index (κ2) is 8.01. The predicted molar refractivity (Wildman–Crippen MR) is 88.0 cm³/mol. The highest BCUT2D eigenvalue weighted by atomic mass is 19.3. The van der Waals surface area contributed by atoms with Crippen LogP contribution in [-0.4, -0.2) is 30.1 Å². The van der Waals surface area contributed by atoms with Crippen LogP contribution in [0.25, 0.3) is 0 Å². The van der Waals surface area contributed by atoms with Gasteiger partial charge in [0.15, 0.2) is 6.61 Å². The Morgan fingerprint density at radius 1 is 1.15 bits per heavy atom. The Hall–Kier alpha value is -2.18. The normalized spacial score (nSPS) is 17.0.